The van der Waals surface area contributed by atoms with Gasteiger partial charge in [0.1, 0.15) is 12.2 Å². The first kappa shape index (κ1) is 12.2. The largest absolute Gasteiger partial charge is 0.480 e. The molecule has 0 aromatic carbocycles. The van der Waals surface area contributed by atoms with Gasteiger partial charge in [0.25, 0.3) is 0 Å². The summed E-state index contributed by atoms with van der Waals surface area (Å²) in [6.07, 6.45) is 1.59. The molecule has 1 N–H and O–H groups in total. The van der Waals surface area contributed by atoms with Crippen molar-refractivity contribution >= 4 is 5.97 Å². The van der Waals surface area contributed by atoms with E-state index >= 15 is 0 Å². The predicted molar refractivity (Wildman–Crippen MR) is 52.5 cm³/mol. The Morgan fingerprint density at radius 3 is 2.73 bits per heavy atom. The van der Waals surface area contributed by atoms with Crippen LogP contribution in [0.5, 0.6) is 0 Å². The van der Waals surface area contributed by atoms with Gasteiger partial charge in [-0.1, -0.05) is 6.08 Å². The van der Waals surface area contributed by atoms with Crippen LogP contribution in [0, 0.1) is 0 Å². The number of hydrogen-bond donors (Lipinski definition) is 1. The molecule has 1 aliphatic rings. The van der Waals surface area contributed by atoms with E-state index < -0.39 is 17.4 Å². The summed E-state index contributed by atoms with van der Waals surface area (Å²) in [6.45, 7) is 7.33. The first-order valence-corrected chi connectivity index (χ1v) is 4.66. The molecule has 0 amide bonds. The van der Waals surface area contributed by atoms with Gasteiger partial charge in [-0.05, 0) is 13.8 Å². The van der Waals surface area contributed by atoms with Crippen LogP contribution in [0.25, 0.3) is 0 Å². The number of ether oxygens (including phenoxy) is 3. The topological polar surface area (TPSA) is 65.0 Å². The summed E-state index contributed by atoms with van der Waals surface area (Å²) in [5, 5.41) is 8.42. The Morgan fingerprint density at radius 1 is 1.67 bits per heavy atom. The highest BCUT2D eigenvalue weighted by atomic mass is 16.8. The van der Waals surface area contributed by atoms with Gasteiger partial charge in [0.05, 0.1) is 13.2 Å². The normalized spacial score (nSPS) is 28.9. The zero-order valence-corrected chi connectivity index (χ0v) is 8.99. The van der Waals surface area contributed by atoms with Crippen LogP contribution < -0.4 is 0 Å². The van der Waals surface area contributed by atoms with Crippen molar-refractivity contribution in [2.75, 3.05) is 19.8 Å². The van der Waals surface area contributed by atoms with Crippen LogP contribution in [-0.4, -0.2) is 42.3 Å². The highest BCUT2D eigenvalue weighted by Gasteiger charge is 2.43. The summed E-state index contributed by atoms with van der Waals surface area (Å²) in [4.78, 5) is 10.3. The third-order valence-corrected chi connectivity index (χ3v) is 2.06. The molecule has 1 fully saturated rings. The summed E-state index contributed by atoms with van der Waals surface area (Å²) in [5.74, 6) is -1.69. The molecule has 1 unspecified atom stereocenters. The molecule has 86 valence electrons. The highest BCUT2D eigenvalue weighted by Crippen LogP contribution is 2.31. The van der Waals surface area contributed by atoms with Crippen LogP contribution in [0.1, 0.15) is 13.8 Å². The van der Waals surface area contributed by atoms with E-state index in [1.165, 1.54) is 0 Å². The molecule has 1 aliphatic heterocycles. The van der Waals surface area contributed by atoms with E-state index in [-0.39, 0.29) is 13.2 Å². The lowest BCUT2D eigenvalue weighted by Gasteiger charge is -2.25. The van der Waals surface area contributed by atoms with E-state index in [1.807, 2.05) is 0 Å². The minimum absolute atomic E-state index is 0.131. The lowest BCUT2D eigenvalue weighted by atomic mass is 10.1. The number of aliphatic carboxylic acids is 1. The monoisotopic (exact) mass is 216 g/mol. The molecule has 0 radical (unpaired) electrons. The number of carboxylic acid groups (broad SMARTS) is 1. The van der Waals surface area contributed by atoms with Gasteiger partial charge in [0.2, 0.25) is 0 Å². The molecule has 15 heavy (non-hydrogen) atoms. The molecule has 0 saturated carbocycles. The zero-order chi connectivity index (χ0) is 11.5. The molecule has 5 nitrogen and oxygen atoms in total. The Labute approximate surface area is 88.6 Å². The molecule has 0 bridgehead atoms. The second-order valence-electron chi connectivity index (χ2n) is 3.95. The summed E-state index contributed by atoms with van der Waals surface area (Å²) in [7, 11) is 0. The van der Waals surface area contributed by atoms with Gasteiger partial charge >= 0.3 is 5.97 Å². The van der Waals surface area contributed by atoms with Crippen molar-refractivity contribution in [2.24, 2.45) is 0 Å². The lowest BCUT2D eigenvalue weighted by molar-refractivity contribution is -0.164. The van der Waals surface area contributed by atoms with E-state index in [0.29, 0.717) is 6.61 Å². The number of rotatable bonds is 5. The molecule has 1 heterocycles. The third kappa shape index (κ3) is 3.30. The van der Waals surface area contributed by atoms with Crippen LogP contribution in [-0.2, 0) is 19.0 Å². The number of hydrogen-bond acceptors (Lipinski definition) is 4. The van der Waals surface area contributed by atoms with Crippen molar-refractivity contribution < 1.29 is 24.1 Å². The average Bonchev–Trinajstić information content (AvgIpc) is 2.42. The van der Waals surface area contributed by atoms with E-state index in [4.69, 9.17) is 19.3 Å². The maximum absolute atomic E-state index is 10.3. The van der Waals surface area contributed by atoms with Gasteiger partial charge < -0.3 is 19.3 Å². The van der Waals surface area contributed by atoms with Gasteiger partial charge in [-0.2, -0.15) is 0 Å². The quantitative estimate of drug-likeness (QED) is 0.688. The molecular weight excluding hydrogens is 200 g/mol. The maximum Gasteiger partial charge on any atom is 0.329 e. The molecule has 0 aromatic heterocycles. The molecule has 1 rings (SSSR count). The van der Waals surface area contributed by atoms with E-state index in [2.05, 4.69) is 6.58 Å². The van der Waals surface area contributed by atoms with Crippen molar-refractivity contribution in [3.05, 3.63) is 12.7 Å². The Bertz CT molecular complexity index is 261. The Morgan fingerprint density at radius 2 is 2.33 bits per heavy atom. The molecule has 0 spiro atoms. The molecule has 1 atom stereocenters. The van der Waals surface area contributed by atoms with Crippen LogP contribution in [0.3, 0.4) is 0 Å². The highest BCUT2D eigenvalue weighted by molar-refractivity contribution is 5.68. The van der Waals surface area contributed by atoms with Crippen molar-refractivity contribution in [1.82, 2.24) is 0 Å². The van der Waals surface area contributed by atoms with E-state index in [9.17, 15) is 4.79 Å². The predicted octanol–water partition coefficient (Wildman–Crippen LogP) is 0.795. The Balaban J connectivity index is 2.49. The third-order valence-electron chi connectivity index (χ3n) is 2.06. The fourth-order valence-corrected chi connectivity index (χ4v) is 1.39. The van der Waals surface area contributed by atoms with Crippen LogP contribution >= 0.6 is 0 Å². The second-order valence-corrected chi connectivity index (χ2v) is 3.95. The molecular formula is C10H16O5. The standard InChI is InChI=1S/C10H16O5/c1-4-10(6-13-5-8(11)12)7-14-9(2,3)15-10/h4H,1,5-7H2,2-3H3,(H,11,12). The smallest absolute Gasteiger partial charge is 0.329 e. The second kappa shape index (κ2) is 4.30. The average molecular weight is 216 g/mol. The van der Waals surface area contributed by atoms with Gasteiger partial charge in [-0.15, -0.1) is 6.58 Å². The lowest BCUT2D eigenvalue weighted by Crippen LogP contribution is -2.37. The SMILES string of the molecule is C=CC1(COCC(=O)O)COC(C)(C)O1. The first-order chi connectivity index (χ1) is 6.89. The van der Waals surface area contributed by atoms with Crippen molar-refractivity contribution in [3.63, 3.8) is 0 Å². The Kier molecular flexibility index (Phi) is 3.49. The van der Waals surface area contributed by atoms with Gasteiger partial charge in [-0.3, -0.25) is 0 Å². The van der Waals surface area contributed by atoms with E-state index in [0.717, 1.165) is 0 Å². The van der Waals surface area contributed by atoms with E-state index in [1.54, 1.807) is 19.9 Å². The van der Waals surface area contributed by atoms with Gasteiger partial charge in [-0.25, -0.2) is 4.79 Å². The van der Waals surface area contributed by atoms with Crippen molar-refractivity contribution in [3.8, 4) is 0 Å². The van der Waals surface area contributed by atoms with Gasteiger partial charge in [0.15, 0.2) is 5.79 Å². The fraction of sp³-hybridized carbons (Fsp3) is 0.700. The van der Waals surface area contributed by atoms with Gasteiger partial charge in [0, 0.05) is 0 Å². The first-order valence-electron chi connectivity index (χ1n) is 4.66. The fourth-order valence-electron chi connectivity index (χ4n) is 1.39. The van der Waals surface area contributed by atoms with Crippen LogP contribution in [0.2, 0.25) is 0 Å². The van der Waals surface area contributed by atoms with Crippen LogP contribution in [0.4, 0.5) is 0 Å². The summed E-state index contributed by atoms with van der Waals surface area (Å²) >= 11 is 0. The summed E-state index contributed by atoms with van der Waals surface area (Å²) in [5.41, 5.74) is -0.737. The number of carbonyl (C=O) groups is 1. The zero-order valence-electron chi connectivity index (χ0n) is 8.99. The maximum atomic E-state index is 10.3. The minimum atomic E-state index is -1.01. The number of carboxylic acids is 1. The molecule has 0 aromatic rings. The summed E-state index contributed by atoms with van der Waals surface area (Å²) < 4.78 is 16.0. The van der Waals surface area contributed by atoms with Crippen LogP contribution in [0.15, 0.2) is 12.7 Å². The molecule has 1 saturated heterocycles. The summed E-state index contributed by atoms with van der Waals surface area (Å²) in [6, 6.07) is 0. The molecule has 0 aliphatic carbocycles. The molecule has 5 heteroatoms. The Hall–Kier alpha value is -0.910. The van der Waals surface area contributed by atoms with Crippen molar-refractivity contribution in [2.45, 2.75) is 25.2 Å². The minimum Gasteiger partial charge on any atom is -0.480 e. The van der Waals surface area contributed by atoms with Crippen molar-refractivity contribution in [1.29, 1.82) is 0 Å².